The van der Waals surface area contributed by atoms with Crippen molar-refractivity contribution in [1.82, 2.24) is 25.1 Å². The Morgan fingerprint density at radius 1 is 1.07 bits per heavy atom. The maximum Gasteiger partial charge on any atom is 0.251 e. The molecule has 2 aromatic heterocycles. The summed E-state index contributed by atoms with van der Waals surface area (Å²) in [4.78, 5) is 21.8. The van der Waals surface area contributed by atoms with Gasteiger partial charge in [0.25, 0.3) is 5.91 Å². The third kappa shape index (κ3) is 3.67. The fourth-order valence-electron chi connectivity index (χ4n) is 3.83. The molecule has 0 spiro atoms. The highest BCUT2D eigenvalue weighted by Crippen LogP contribution is 2.21. The fourth-order valence-corrected chi connectivity index (χ4v) is 3.83. The molecule has 0 radical (unpaired) electrons. The van der Waals surface area contributed by atoms with Gasteiger partial charge in [0.1, 0.15) is 5.82 Å². The van der Waals surface area contributed by atoms with Gasteiger partial charge in [-0.15, -0.1) is 0 Å². The maximum atomic E-state index is 12.5. The molecule has 0 fully saturated rings. The molecule has 0 aliphatic heterocycles. The SMILES string of the molecule is Cc1cc(C)n(-c2ccc(C(=O)NCc3nc(C)c4c(n3)CCCC4)cc2)n1. The smallest absolute Gasteiger partial charge is 0.251 e. The minimum absolute atomic E-state index is 0.126. The van der Waals surface area contributed by atoms with Crippen LogP contribution >= 0.6 is 0 Å². The van der Waals surface area contributed by atoms with E-state index in [-0.39, 0.29) is 5.91 Å². The number of carbonyl (C=O) groups is 1. The number of fused-ring (bicyclic) bond motifs is 1. The Balaban J connectivity index is 1.44. The number of aromatic nitrogens is 4. The van der Waals surface area contributed by atoms with Gasteiger partial charge in [0.15, 0.2) is 0 Å². The van der Waals surface area contributed by atoms with E-state index in [0.29, 0.717) is 17.9 Å². The Kier molecular flexibility index (Phi) is 4.94. The van der Waals surface area contributed by atoms with E-state index < -0.39 is 0 Å². The van der Waals surface area contributed by atoms with Gasteiger partial charge in [-0.1, -0.05) is 0 Å². The molecule has 1 aromatic carbocycles. The van der Waals surface area contributed by atoms with E-state index in [0.717, 1.165) is 41.3 Å². The molecule has 144 valence electrons. The molecule has 28 heavy (non-hydrogen) atoms. The molecular weight excluding hydrogens is 350 g/mol. The Morgan fingerprint density at radius 2 is 1.82 bits per heavy atom. The van der Waals surface area contributed by atoms with Crippen molar-refractivity contribution in [3.8, 4) is 5.69 Å². The van der Waals surface area contributed by atoms with Gasteiger partial charge >= 0.3 is 0 Å². The molecule has 6 nitrogen and oxygen atoms in total. The first kappa shape index (κ1) is 18.3. The van der Waals surface area contributed by atoms with Crippen LogP contribution in [0.25, 0.3) is 5.69 Å². The second kappa shape index (κ2) is 7.54. The van der Waals surface area contributed by atoms with Gasteiger partial charge in [0, 0.05) is 22.6 Å². The van der Waals surface area contributed by atoms with E-state index in [1.165, 1.54) is 18.4 Å². The topological polar surface area (TPSA) is 72.7 Å². The van der Waals surface area contributed by atoms with Crippen molar-refractivity contribution in [2.45, 2.75) is 53.0 Å². The highest BCUT2D eigenvalue weighted by molar-refractivity contribution is 5.94. The first-order valence-electron chi connectivity index (χ1n) is 9.78. The van der Waals surface area contributed by atoms with Crippen LogP contribution in [-0.4, -0.2) is 25.7 Å². The zero-order valence-corrected chi connectivity index (χ0v) is 16.6. The molecule has 2 heterocycles. The summed E-state index contributed by atoms with van der Waals surface area (Å²) in [7, 11) is 0. The summed E-state index contributed by atoms with van der Waals surface area (Å²) in [5.74, 6) is 0.560. The fraction of sp³-hybridized carbons (Fsp3) is 0.364. The second-order valence-corrected chi connectivity index (χ2v) is 7.43. The quantitative estimate of drug-likeness (QED) is 0.759. The lowest BCUT2D eigenvalue weighted by atomic mass is 9.95. The number of hydrogen-bond acceptors (Lipinski definition) is 4. The zero-order valence-electron chi connectivity index (χ0n) is 16.6. The lowest BCUT2D eigenvalue weighted by molar-refractivity contribution is 0.0950. The average molecular weight is 375 g/mol. The third-order valence-corrected chi connectivity index (χ3v) is 5.23. The molecule has 1 aliphatic carbocycles. The van der Waals surface area contributed by atoms with Crippen LogP contribution in [0.15, 0.2) is 30.3 Å². The molecule has 0 saturated heterocycles. The number of nitrogens with one attached hydrogen (secondary N) is 1. The monoisotopic (exact) mass is 375 g/mol. The minimum Gasteiger partial charge on any atom is -0.345 e. The van der Waals surface area contributed by atoms with Crippen LogP contribution in [0.4, 0.5) is 0 Å². The molecule has 0 saturated carbocycles. The predicted octanol–water partition coefficient (Wildman–Crippen LogP) is 3.40. The van der Waals surface area contributed by atoms with E-state index in [1.807, 2.05) is 55.8 Å². The van der Waals surface area contributed by atoms with Crippen molar-refractivity contribution in [2.24, 2.45) is 0 Å². The molecule has 3 aromatic rings. The van der Waals surface area contributed by atoms with Gasteiger partial charge in [0.2, 0.25) is 0 Å². The maximum absolute atomic E-state index is 12.5. The highest BCUT2D eigenvalue weighted by Gasteiger charge is 2.16. The molecular formula is C22H25N5O. The first-order chi connectivity index (χ1) is 13.5. The van der Waals surface area contributed by atoms with Gasteiger partial charge in [-0.25, -0.2) is 14.6 Å². The van der Waals surface area contributed by atoms with Gasteiger partial charge in [-0.3, -0.25) is 4.79 Å². The predicted molar refractivity (Wildman–Crippen MR) is 108 cm³/mol. The summed E-state index contributed by atoms with van der Waals surface area (Å²) in [5, 5.41) is 7.41. The molecule has 1 aliphatic rings. The van der Waals surface area contributed by atoms with Gasteiger partial charge in [0.05, 0.1) is 17.9 Å². The van der Waals surface area contributed by atoms with Crippen LogP contribution in [0.1, 0.15) is 57.4 Å². The summed E-state index contributed by atoms with van der Waals surface area (Å²) >= 11 is 0. The second-order valence-electron chi connectivity index (χ2n) is 7.43. The lowest BCUT2D eigenvalue weighted by Gasteiger charge is -2.17. The molecule has 0 bridgehead atoms. The molecule has 1 N–H and O–H groups in total. The van der Waals surface area contributed by atoms with Crippen LogP contribution in [0.5, 0.6) is 0 Å². The molecule has 6 heteroatoms. The van der Waals surface area contributed by atoms with Crippen LogP contribution in [0.2, 0.25) is 0 Å². The van der Waals surface area contributed by atoms with Crippen molar-refractivity contribution in [1.29, 1.82) is 0 Å². The number of aryl methyl sites for hydroxylation is 4. The Labute approximate surface area is 165 Å². The van der Waals surface area contributed by atoms with Gasteiger partial charge in [-0.2, -0.15) is 5.10 Å². The molecule has 1 amide bonds. The average Bonchev–Trinajstić information content (AvgIpc) is 3.04. The van der Waals surface area contributed by atoms with Crippen molar-refractivity contribution >= 4 is 5.91 Å². The number of carbonyl (C=O) groups excluding carboxylic acids is 1. The number of nitrogens with zero attached hydrogens (tertiary/aromatic N) is 4. The summed E-state index contributed by atoms with van der Waals surface area (Å²) in [6, 6.07) is 9.49. The third-order valence-electron chi connectivity index (χ3n) is 5.23. The van der Waals surface area contributed by atoms with E-state index in [4.69, 9.17) is 0 Å². The van der Waals surface area contributed by atoms with Crippen LogP contribution < -0.4 is 5.32 Å². The Morgan fingerprint density at radius 3 is 2.54 bits per heavy atom. The van der Waals surface area contributed by atoms with Crippen molar-refractivity contribution < 1.29 is 4.79 Å². The minimum atomic E-state index is -0.126. The van der Waals surface area contributed by atoms with Gasteiger partial charge < -0.3 is 5.32 Å². The lowest BCUT2D eigenvalue weighted by Crippen LogP contribution is -2.25. The first-order valence-corrected chi connectivity index (χ1v) is 9.78. The molecule has 0 unspecified atom stereocenters. The zero-order chi connectivity index (χ0) is 19.7. The number of rotatable bonds is 4. The summed E-state index contributed by atoms with van der Waals surface area (Å²) in [6.45, 7) is 6.36. The van der Waals surface area contributed by atoms with Crippen LogP contribution in [-0.2, 0) is 19.4 Å². The van der Waals surface area contributed by atoms with E-state index in [1.54, 1.807) is 0 Å². The highest BCUT2D eigenvalue weighted by atomic mass is 16.1. The van der Waals surface area contributed by atoms with Gasteiger partial charge in [-0.05, 0) is 82.3 Å². The Bertz CT molecular complexity index is 1020. The van der Waals surface area contributed by atoms with Crippen molar-refractivity contribution in [3.05, 3.63) is 70.1 Å². The standard InChI is InChI=1S/C22H25N5O/c1-14-12-15(2)27(26-14)18-10-8-17(9-11-18)22(28)23-13-21-24-16(3)19-6-4-5-7-20(19)25-21/h8-12H,4-7,13H2,1-3H3,(H,23,28). The number of amides is 1. The number of hydrogen-bond donors (Lipinski definition) is 1. The summed E-state index contributed by atoms with van der Waals surface area (Å²) in [5.41, 5.74) is 7.08. The van der Waals surface area contributed by atoms with Crippen molar-refractivity contribution in [3.63, 3.8) is 0 Å². The Hall–Kier alpha value is -3.02. The summed E-state index contributed by atoms with van der Waals surface area (Å²) in [6.07, 6.45) is 4.46. The molecule has 0 atom stereocenters. The summed E-state index contributed by atoms with van der Waals surface area (Å²) < 4.78 is 1.88. The van der Waals surface area contributed by atoms with Crippen LogP contribution in [0.3, 0.4) is 0 Å². The normalized spacial score (nSPS) is 13.2. The van der Waals surface area contributed by atoms with Crippen LogP contribution in [0, 0.1) is 20.8 Å². The molecule has 4 rings (SSSR count). The van der Waals surface area contributed by atoms with E-state index >= 15 is 0 Å². The largest absolute Gasteiger partial charge is 0.345 e. The number of benzene rings is 1. The van der Waals surface area contributed by atoms with E-state index in [9.17, 15) is 4.79 Å². The van der Waals surface area contributed by atoms with E-state index in [2.05, 4.69) is 20.4 Å². The van der Waals surface area contributed by atoms with Crippen molar-refractivity contribution in [2.75, 3.05) is 0 Å².